The summed E-state index contributed by atoms with van der Waals surface area (Å²) in [4.78, 5) is 22.5. The molecule has 0 aliphatic carbocycles. The number of carbonyl (C=O) groups is 1. The van der Waals surface area contributed by atoms with Crippen LogP contribution in [0.15, 0.2) is 53.7 Å². The molecule has 32 heavy (non-hydrogen) atoms. The van der Waals surface area contributed by atoms with Crippen LogP contribution in [0.1, 0.15) is 10.5 Å². The van der Waals surface area contributed by atoms with Gasteiger partial charge in [-0.05, 0) is 6.26 Å². The first-order valence-corrected chi connectivity index (χ1v) is 11.7. The van der Waals surface area contributed by atoms with Crippen molar-refractivity contribution in [2.24, 2.45) is 7.05 Å². The highest BCUT2D eigenvalue weighted by molar-refractivity contribution is 7.98. The van der Waals surface area contributed by atoms with Gasteiger partial charge in [0.25, 0.3) is 5.91 Å². The van der Waals surface area contributed by atoms with Gasteiger partial charge in [-0.2, -0.15) is 0 Å². The summed E-state index contributed by atoms with van der Waals surface area (Å²) < 4.78 is 12.7. The molecule has 1 amide bonds. The van der Waals surface area contributed by atoms with Crippen molar-refractivity contribution in [3.63, 3.8) is 0 Å². The van der Waals surface area contributed by atoms with E-state index in [1.165, 1.54) is 0 Å². The number of imidazole rings is 1. The van der Waals surface area contributed by atoms with Gasteiger partial charge < -0.3 is 23.8 Å². The van der Waals surface area contributed by atoms with Crippen molar-refractivity contribution < 1.29 is 14.3 Å². The Balaban J connectivity index is 1.55. The SMILES string of the molecule is COc1cc(OC)cc(N2CCN(C(=O)c3c(-c4ccccc4)nc(SC)n3C)CC2)c1. The molecule has 168 valence electrons. The number of amides is 1. The van der Waals surface area contributed by atoms with Gasteiger partial charge >= 0.3 is 0 Å². The number of benzene rings is 2. The summed E-state index contributed by atoms with van der Waals surface area (Å²) in [5, 5.41) is 0.828. The van der Waals surface area contributed by atoms with Crippen molar-refractivity contribution in [3.8, 4) is 22.8 Å². The Bertz CT molecular complexity index is 1070. The summed E-state index contributed by atoms with van der Waals surface area (Å²) in [6.45, 7) is 2.73. The van der Waals surface area contributed by atoms with Crippen molar-refractivity contribution in [3.05, 3.63) is 54.2 Å². The van der Waals surface area contributed by atoms with Crippen LogP contribution in [0.5, 0.6) is 11.5 Å². The Morgan fingerprint density at radius 1 is 0.969 bits per heavy atom. The van der Waals surface area contributed by atoms with Gasteiger partial charge in [-0.1, -0.05) is 42.1 Å². The molecule has 0 saturated carbocycles. The zero-order chi connectivity index (χ0) is 22.7. The zero-order valence-corrected chi connectivity index (χ0v) is 19.7. The Kier molecular flexibility index (Phi) is 6.60. The lowest BCUT2D eigenvalue weighted by Crippen LogP contribution is -2.49. The number of rotatable bonds is 6. The van der Waals surface area contributed by atoms with Gasteiger partial charge in [0, 0.05) is 62.7 Å². The second kappa shape index (κ2) is 9.56. The van der Waals surface area contributed by atoms with E-state index >= 15 is 0 Å². The van der Waals surface area contributed by atoms with Crippen LogP contribution in [-0.2, 0) is 7.05 Å². The van der Waals surface area contributed by atoms with E-state index in [2.05, 4.69) is 4.90 Å². The number of anilines is 1. The largest absolute Gasteiger partial charge is 0.497 e. The van der Waals surface area contributed by atoms with Gasteiger partial charge in [-0.3, -0.25) is 4.79 Å². The highest BCUT2D eigenvalue weighted by Gasteiger charge is 2.29. The molecule has 0 radical (unpaired) electrons. The third-order valence-electron chi connectivity index (χ3n) is 5.75. The van der Waals surface area contributed by atoms with Gasteiger partial charge in [0.1, 0.15) is 22.9 Å². The molecule has 1 aliphatic heterocycles. The van der Waals surface area contributed by atoms with Crippen LogP contribution in [0.25, 0.3) is 11.3 Å². The van der Waals surface area contributed by atoms with E-state index in [1.54, 1.807) is 26.0 Å². The molecule has 1 aliphatic rings. The summed E-state index contributed by atoms with van der Waals surface area (Å²) in [6.07, 6.45) is 1.98. The fourth-order valence-corrected chi connectivity index (χ4v) is 4.54. The van der Waals surface area contributed by atoms with Crippen molar-refractivity contribution in [2.75, 3.05) is 51.6 Å². The van der Waals surface area contributed by atoms with E-state index in [-0.39, 0.29) is 5.91 Å². The predicted octanol–water partition coefficient (Wildman–Crippen LogP) is 3.79. The predicted molar refractivity (Wildman–Crippen MR) is 128 cm³/mol. The number of carbonyl (C=O) groups excluding carboxylic acids is 1. The number of piperazine rings is 1. The average molecular weight is 453 g/mol. The molecule has 3 aromatic rings. The second-order valence-corrected chi connectivity index (χ2v) is 8.34. The molecular formula is C24H28N4O3S. The number of nitrogens with zero attached hydrogens (tertiary/aromatic N) is 4. The molecule has 0 atom stereocenters. The molecule has 0 bridgehead atoms. The van der Waals surface area contributed by atoms with Crippen molar-refractivity contribution in [2.45, 2.75) is 5.16 Å². The molecule has 0 spiro atoms. The molecule has 4 rings (SSSR count). The Morgan fingerprint density at radius 2 is 1.59 bits per heavy atom. The number of ether oxygens (including phenoxy) is 2. The van der Waals surface area contributed by atoms with E-state index in [9.17, 15) is 4.79 Å². The number of hydrogen-bond donors (Lipinski definition) is 0. The third kappa shape index (κ3) is 4.27. The van der Waals surface area contributed by atoms with Crippen molar-refractivity contribution in [1.82, 2.24) is 14.5 Å². The van der Waals surface area contributed by atoms with Crippen molar-refractivity contribution in [1.29, 1.82) is 0 Å². The molecule has 2 aromatic carbocycles. The highest BCUT2D eigenvalue weighted by Crippen LogP contribution is 2.31. The number of aromatic nitrogens is 2. The van der Waals surface area contributed by atoms with Crippen LogP contribution >= 0.6 is 11.8 Å². The van der Waals surface area contributed by atoms with Gasteiger partial charge in [-0.25, -0.2) is 4.98 Å². The molecule has 0 N–H and O–H groups in total. The molecule has 1 aromatic heterocycles. The molecule has 8 heteroatoms. The Morgan fingerprint density at radius 3 is 2.16 bits per heavy atom. The number of hydrogen-bond acceptors (Lipinski definition) is 6. The minimum atomic E-state index is 0.0158. The first-order chi connectivity index (χ1) is 15.5. The van der Waals surface area contributed by atoms with E-state index in [0.29, 0.717) is 18.8 Å². The topological polar surface area (TPSA) is 59.8 Å². The molecule has 7 nitrogen and oxygen atoms in total. The number of thioether (sulfide) groups is 1. The minimum absolute atomic E-state index is 0.0158. The maximum Gasteiger partial charge on any atom is 0.272 e. The molecule has 0 unspecified atom stereocenters. The van der Waals surface area contributed by atoms with Crippen LogP contribution in [-0.4, -0.2) is 67.0 Å². The standard InChI is InChI=1S/C24H28N4O3S/c1-26-22(21(25-24(26)32-4)17-8-6-5-7-9-17)23(29)28-12-10-27(11-13-28)18-14-19(30-2)16-20(15-18)31-3/h5-9,14-16H,10-13H2,1-4H3. The minimum Gasteiger partial charge on any atom is -0.497 e. The lowest BCUT2D eigenvalue weighted by atomic mass is 10.1. The first-order valence-electron chi connectivity index (χ1n) is 10.5. The average Bonchev–Trinajstić information content (AvgIpc) is 3.19. The van der Waals surface area contributed by atoms with Crippen LogP contribution in [0.4, 0.5) is 5.69 Å². The first kappa shape index (κ1) is 22.1. The lowest BCUT2D eigenvalue weighted by molar-refractivity contribution is 0.0737. The van der Waals surface area contributed by atoms with E-state index < -0.39 is 0 Å². The summed E-state index contributed by atoms with van der Waals surface area (Å²) >= 11 is 1.54. The van der Waals surface area contributed by atoms with Gasteiger partial charge in [0.05, 0.1) is 14.2 Å². The Hall–Kier alpha value is -3.13. The second-order valence-electron chi connectivity index (χ2n) is 7.57. The summed E-state index contributed by atoms with van der Waals surface area (Å²) in [5.74, 6) is 1.52. The maximum absolute atomic E-state index is 13.6. The van der Waals surface area contributed by atoms with Crippen molar-refractivity contribution >= 4 is 23.4 Å². The van der Waals surface area contributed by atoms with Gasteiger partial charge in [0.15, 0.2) is 5.16 Å². The number of methoxy groups -OCH3 is 2. The van der Waals surface area contributed by atoms with E-state index in [0.717, 1.165) is 46.7 Å². The maximum atomic E-state index is 13.6. The quantitative estimate of drug-likeness (QED) is 0.531. The van der Waals surface area contributed by atoms with Gasteiger partial charge in [-0.15, -0.1) is 0 Å². The molecule has 1 saturated heterocycles. The summed E-state index contributed by atoms with van der Waals surface area (Å²) in [7, 11) is 5.21. The third-order valence-corrected chi connectivity index (χ3v) is 6.49. The monoisotopic (exact) mass is 452 g/mol. The normalized spacial score (nSPS) is 13.9. The summed E-state index contributed by atoms with van der Waals surface area (Å²) in [6, 6.07) is 15.8. The molecular weight excluding hydrogens is 424 g/mol. The zero-order valence-electron chi connectivity index (χ0n) is 18.9. The fraction of sp³-hybridized carbons (Fsp3) is 0.333. The Labute approximate surface area is 192 Å². The van der Waals surface area contributed by atoms with Gasteiger partial charge in [0.2, 0.25) is 0 Å². The van der Waals surface area contributed by atoms with Crippen LogP contribution in [0.3, 0.4) is 0 Å². The van der Waals surface area contributed by atoms with Crippen LogP contribution in [0.2, 0.25) is 0 Å². The highest BCUT2D eigenvalue weighted by atomic mass is 32.2. The van der Waals surface area contributed by atoms with Crippen LogP contribution in [0, 0.1) is 0 Å². The molecule has 1 fully saturated rings. The fourth-order valence-electron chi connectivity index (χ4n) is 4.00. The summed E-state index contributed by atoms with van der Waals surface area (Å²) in [5.41, 5.74) is 3.36. The lowest BCUT2D eigenvalue weighted by Gasteiger charge is -2.36. The molecule has 2 heterocycles. The van der Waals surface area contributed by atoms with Crippen LogP contribution < -0.4 is 14.4 Å². The van der Waals surface area contributed by atoms with E-state index in [4.69, 9.17) is 14.5 Å². The van der Waals surface area contributed by atoms with E-state index in [1.807, 2.05) is 71.3 Å². The smallest absolute Gasteiger partial charge is 0.272 e.